The molecule has 67 heavy (non-hydrogen) atoms. The molecule has 0 N–H and O–H groups in total. The highest BCUT2D eigenvalue weighted by Gasteiger charge is 2.19. The maximum Gasteiger partial charge on any atom is 0.306 e. The van der Waals surface area contributed by atoms with Crippen LogP contribution in [0.5, 0.6) is 0 Å². The lowest BCUT2D eigenvalue weighted by molar-refractivity contribution is -0.167. The first-order valence-electron chi connectivity index (χ1n) is 27.7. The summed E-state index contributed by atoms with van der Waals surface area (Å²) in [5.41, 5.74) is 0. The number of hydrogen-bond acceptors (Lipinski definition) is 6. The number of carbonyl (C=O) groups is 3. The van der Waals surface area contributed by atoms with Crippen LogP contribution in [-0.2, 0) is 28.6 Å². The number of unbranched alkanes of at least 4 members (excludes halogenated alkanes) is 22. The van der Waals surface area contributed by atoms with Gasteiger partial charge in [-0.05, 0) is 122 Å². The Morgan fingerprint density at radius 1 is 0.313 bits per heavy atom. The Morgan fingerprint density at radius 2 is 0.582 bits per heavy atom. The van der Waals surface area contributed by atoms with Gasteiger partial charge in [-0.15, -0.1) is 0 Å². The molecular formula is C61H102O6. The van der Waals surface area contributed by atoms with E-state index in [1.807, 2.05) is 0 Å². The molecule has 0 aliphatic rings. The smallest absolute Gasteiger partial charge is 0.306 e. The van der Waals surface area contributed by atoms with E-state index in [9.17, 15) is 14.4 Å². The number of carbonyl (C=O) groups excluding carboxylic acids is 3. The molecule has 0 radical (unpaired) electrons. The van der Waals surface area contributed by atoms with E-state index in [1.165, 1.54) is 70.6 Å². The molecule has 382 valence electrons. The van der Waals surface area contributed by atoms with Crippen LogP contribution in [0.25, 0.3) is 0 Å². The second kappa shape index (κ2) is 54.9. The van der Waals surface area contributed by atoms with E-state index >= 15 is 0 Å². The lowest BCUT2D eigenvalue weighted by Gasteiger charge is -2.18. The summed E-state index contributed by atoms with van der Waals surface area (Å²) in [6.45, 7) is 6.44. The van der Waals surface area contributed by atoms with E-state index in [4.69, 9.17) is 14.2 Å². The van der Waals surface area contributed by atoms with Crippen molar-refractivity contribution in [2.24, 2.45) is 0 Å². The van der Waals surface area contributed by atoms with E-state index < -0.39 is 6.10 Å². The first-order chi connectivity index (χ1) is 33.0. The lowest BCUT2D eigenvalue weighted by atomic mass is 10.1. The Kier molecular flexibility index (Phi) is 51.9. The number of allylic oxidation sites excluding steroid dienone is 16. The second-order valence-corrected chi connectivity index (χ2v) is 18.1. The summed E-state index contributed by atoms with van der Waals surface area (Å²) in [4.78, 5) is 38.1. The van der Waals surface area contributed by atoms with Gasteiger partial charge in [-0.2, -0.15) is 0 Å². The van der Waals surface area contributed by atoms with Crippen LogP contribution in [0.4, 0.5) is 0 Å². The Morgan fingerprint density at radius 3 is 0.910 bits per heavy atom. The summed E-state index contributed by atoms with van der Waals surface area (Å²) in [7, 11) is 0. The fraction of sp³-hybridized carbons (Fsp3) is 0.689. The highest BCUT2D eigenvalue weighted by atomic mass is 16.6. The van der Waals surface area contributed by atoms with Gasteiger partial charge in [0.05, 0.1) is 0 Å². The van der Waals surface area contributed by atoms with Crippen LogP contribution < -0.4 is 0 Å². The van der Waals surface area contributed by atoms with Crippen molar-refractivity contribution in [3.63, 3.8) is 0 Å². The van der Waals surface area contributed by atoms with Crippen LogP contribution in [0.15, 0.2) is 97.2 Å². The van der Waals surface area contributed by atoms with Crippen molar-refractivity contribution in [3.8, 4) is 0 Å². The lowest BCUT2D eigenvalue weighted by Crippen LogP contribution is -2.30. The molecule has 6 heteroatoms. The maximum atomic E-state index is 12.8. The molecule has 0 heterocycles. The Hall–Kier alpha value is -3.67. The van der Waals surface area contributed by atoms with Crippen molar-refractivity contribution in [1.29, 1.82) is 0 Å². The van der Waals surface area contributed by atoms with Crippen molar-refractivity contribution in [1.82, 2.24) is 0 Å². The minimum atomic E-state index is -0.799. The van der Waals surface area contributed by atoms with Gasteiger partial charge in [0.2, 0.25) is 0 Å². The van der Waals surface area contributed by atoms with Crippen LogP contribution in [0.2, 0.25) is 0 Å². The van der Waals surface area contributed by atoms with Crippen molar-refractivity contribution in [2.45, 2.75) is 258 Å². The fourth-order valence-electron chi connectivity index (χ4n) is 7.37. The van der Waals surface area contributed by atoms with E-state index in [-0.39, 0.29) is 31.1 Å². The zero-order valence-corrected chi connectivity index (χ0v) is 43.6. The van der Waals surface area contributed by atoms with E-state index in [0.717, 1.165) is 141 Å². The molecular weight excluding hydrogens is 829 g/mol. The number of hydrogen-bond donors (Lipinski definition) is 0. The van der Waals surface area contributed by atoms with Gasteiger partial charge in [-0.25, -0.2) is 0 Å². The molecule has 0 rings (SSSR count). The minimum Gasteiger partial charge on any atom is -0.462 e. The quantitative estimate of drug-likeness (QED) is 0.0262. The zero-order chi connectivity index (χ0) is 48.6. The molecule has 0 saturated heterocycles. The molecule has 0 aliphatic carbocycles. The van der Waals surface area contributed by atoms with Crippen LogP contribution >= 0.6 is 0 Å². The molecule has 0 aromatic heterocycles. The van der Waals surface area contributed by atoms with Crippen LogP contribution in [-0.4, -0.2) is 37.2 Å². The summed E-state index contributed by atoms with van der Waals surface area (Å²) < 4.78 is 16.8. The third-order valence-corrected chi connectivity index (χ3v) is 11.5. The van der Waals surface area contributed by atoms with E-state index in [1.54, 1.807) is 0 Å². The van der Waals surface area contributed by atoms with Gasteiger partial charge < -0.3 is 14.2 Å². The van der Waals surface area contributed by atoms with E-state index in [0.29, 0.717) is 19.3 Å². The molecule has 0 aromatic carbocycles. The molecule has 0 saturated carbocycles. The van der Waals surface area contributed by atoms with Gasteiger partial charge in [0.15, 0.2) is 6.10 Å². The van der Waals surface area contributed by atoms with Gasteiger partial charge >= 0.3 is 17.9 Å². The normalized spacial score (nSPS) is 12.8. The maximum absolute atomic E-state index is 12.8. The molecule has 0 bridgehead atoms. The molecule has 1 atom stereocenters. The largest absolute Gasteiger partial charge is 0.462 e. The monoisotopic (exact) mass is 931 g/mol. The fourth-order valence-corrected chi connectivity index (χ4v) is 7.37. The molecule has 0 aromatic rings. The molecule has 0 amide bonds. The third kappa shape index (κ3) is 53.2. The van der Waals surface area contributed by atoms with Gasteiger partial charge in [0.25, 0.3) is 0 Å². The summed E-state index contributed by atoms with van der Waals surface area (Å²) in [6.07, 6.45) is 72.4. The summed E-state index contributed by atoms with van der Waals surface area (Å²) >= 11 is 0. The zero-order valence-electron chi connectivity index (χ0n) is 43.6. The summed E-state index contributed by atoms with van der Waals surface area (Å²) in [6, 6.07) is 0. The summed E-state index contributed by atoms with van der Waals surface area (Å²) in [5, 5.41) is 0. The molecule has 0 aliphatic heterocycles. The SMILES string of the molecule is CC/C=C\C/C=C\C/C=C\CCCCCCCC(=O)OC(COC(=O)CCCCCCC/C=C\C/C=C\CCCCC)COC(=O)CCCCCCCC/C=C\C/C=C\C/C=C\CCCCC. The van der Waals surface area contributed by atoms with Gasteiger partial charge in [0, 0.05) is 19.3 Å². The molecule has 0 fully saturated rings. The number of esters is 3. The van der Waals surface area contributed by atoms with Crippen LogP contribution in [0, 0.1) is 0 Å². The van der Waals surface area contributed by atoms with Crippen LogP contribution in [0.1, 0.15) is 252 Å². The van der Waals surface area contributed by atoms with Gasteiger partial charge in [0.1, 0.15) is 13.2 Å². The van der Waals surface area contributed by atoms with Gasteiger partial charge in [-0.3, -0.25) is 14.4 Å². The third-order valence-electron chi connectivity index (χ3n) is 11.5. The first kappa shape index (κ1) is 63.3. The summed E-state index contributed by atoms with van der Waals surface area (Å²) in [5.74, 6) is -0.939. The second-order valence-electron chi connectivity index (χ2n) is 18.1. The Balaban J connectivity index is 4.46. The van der Waals surface area contributed by atoms with Crippen LogP contribution in [0.3, 0.4) is 0 Å². The van der Waals surface area contributed by atoms with Crippen molar-refractivity contribution in [2.75, 3.05) is 13.2 Å². The highest BCUT2D eigenvalue weighted by molar-refractivity contribution is 5.71. The van der Waals surface area contributed by atoms with Crippen molar-refractivity contribution >= 4 is 17.9 Å². The number of ether oxygens (including phenoxy) is 3. The molecule has 0 spiro atoms. The highest BCUT2D eigenvalue weighted by Crippen LogP contribution is 2.14. The predicted molar refractivity (Wildman–Crippen MR) is 288 cm³/mol. The standard InChI is InChI=1S/C61H102O6/c1-4-7-10-13-16-19-22-25-28-29-30-31-34-36-39-42-45-48-51-54-60(63)66-57-58(67-61(64)55-52-49-46-43-40-37-33-27-24-21-18-15-12-9-6-3)56-65-59(62)53-50-47-44-41-38-35-32-26-23-20-17-14-11-8-5-2/h9,12,16-21,25-28,30-33,58H,4-8,10-11,13-15,22-24,29,34-57H2,1-3H3/b12-9-,19-16-,20-17-,21-18-,28-25-,31-30-,32-26-,33-27-. The predicted octanol–water partition coefficient (Wildman–Crippen LogP) is 18.5. The topological polar surface area (TPSA) is 78.9 Å². The average molecular weight is 931 g/mol. The van der Waals surface area contributed by atoms with Gasteiger partial charge in [-0.1, -0.05) is 208 Å². The Labute approximate surface area is 413 Å². The van der Waals surface area contributed by atoms with Crippen molar-refractivity contribution in [3.05, 3.63) is 97.2 Å². The number of rotatable bonds is 49. The molecule has 1 unspecified atom stereocenters. The first-order valence-corrected chi connectivity index (χ1v) is 27.7. The minimum absolute atomic E-state index is 0.0970. The average Bonchev–Trinajstić information content (AvgIpc) is 3.33. The van der Waals surface area contributed by atoms with Crippen molar-refractivity contribution < 1.29 is 28.6 Å². The van der Waals surface area contributed by atoms with E-state index in [2.05, 4.69) is 118 Å². The Bertz CT molecular complexity index is 1350. The molecule has 6 nitrogen and oxygen atoms in total.